The Kier molecular flexibility index (Phi) is 2.84. The third kappa shape index (κ3) is 2.91. The van der Waals surface area contributed by atoms with Crippen molar-refractivity contribution in [3.05, 3.63) is 10.1 Å². The Morgan fingerprint density at radius 3 is 2.77 bits per heavy atom. The highest BCUT2D eigenvalue weighted by atomic mass is 16.7. The number of aliphatic hydroxyl groups excluding tert-OH is 1. The summed E-state index contributed by atoms with van der Waals surface area (Å²) in [6.45, 7) is 3.09. The molecule has 0 unspecified atom stereocenters. The highest BCUT2D eigenvalue weighted by molar-refractivity contribution is 4.76. The van der Waals surface area contributed by atoms with Crippen molar-refractivity contribution in [2.75, 3.05) is 13.2 Å². The van der Waals surface area contributed by atoms with Crippen LogP contribution in [0.15, 0.2) is 0 Å². The zero-order valence-electron chi connectivity index (χ0n) is 7.60. The van der Waals surface area contributed by atoms with Gasteiger partial charge in [-0.05, 0) is 13.8 Å². The summed E-state index contributed by atoms with van der Waals surface area (Å²) in [4.78, 5) is 9.51. The van der Waals surface area contributed by atoms with Gasteiger partial charge in [0.1, 0.15) is 12.2 Å². The van der Waals surface area contributed by atoms with Gasteiger partial charge in [-0.2, -0.15) is 0 Å². The topological polar surface area (TPSA) is 81.8 Å². The maximum atomic E-state index is 10.1. The van der Waals surface area contributed by atoms with Crippen molar-refractivity contribution in [2.24, 2.45) is 0 Å². The lowest BCUT2D eigenvalue weighted by atomic mass is 10.2. The quantitative estimate of drug-likeness (QED) is 0.492. The van der Waals surface area contributed by atoms with Crippen LogP contribution in [0.3, 0.4) is 0 Å². The molecule has 2 atom stereocenters. The van der Waals surface area contributed by atoms with E-state index in [0.29, 0.717) is 0 Å². The van der Waals surface area contributed by atoms with E-state index in [2.05, 4.69) is 0 Å². The first-order valence-corrected chi connectivity index (χ1v) is 4.02. The molecule has 1 aliphatic heterocycles. The monoisotopic (exact) mass is 191 g/mol. The van der Waals surface area contributed by atoms with E-state index in [1.165, 1.54) is 0 Å². The Labute approximate surface area is 75.6 Å². The molecule has 1 aliphatic rings. The highest BCUT2D eigenvalue weighted by Gasteiger charge is 2.38. The molecular formula is C7H13NO5. The Morgan fingerprint density at radius 2 is 2.38 bits per heavy atom. The molecule has 1 N–H and O–H groups in total. The van der Waals surface area contributed by atoms with Crippen LogP contribution in [0.2, 0.25) is 0 Å². The minimum atomic E-state index is -1.10. The molecule has 1 heterocycles. The first kappa shape index (κ1) is 10.4. The third-order valence-corrected chi connectivity index (χ3v) is 1.80. The molecule has 0 aromatic rings. The van der Waals surface area contributed by atoms with Gasteiger partial charge in [-0.15, -0.1) is 0 Å². The summed E-state index contributed by atoms with van der Waals surface area (Å²) in [5, 5.41) is 19.4. The van der Waals surface area contributed by atoms with Crippen molar-refractivity contribution in [1.82, 2.24) is 0 Å². The van der Waals surface area contributed by atoms with E-state index in [0.717, 1.165) is 0 Å². The lowest BCUT2D eigenvalue weighted by molar-refractivity contribution is -0.493. The SMILES string of the molecule is CC1(C)OC[C@H]([C@@H](O)C[N+](=O)[O-])O1. The van der Waals surface area contributed by atoms with Gasteiger partial charge in [0.15, 0.2) is 5.79 Å². The molecule has 76 valence electrons. The average Bonchev–Trinajstić information content (AvgIpc) is 2.28. The minimum absolute atomic E-state index is 0.196. The summed E-state index contributed by atoms with van der Waals surface area (Å²) >= 11 is 0. The van der Waals surface area contributed by atoms with Crippen molar-refractivity contribution < 1.29 is 19.5 Å². The van der Waals surface area contributed by atoms with E-state index < -0.39 is 29.5 Å². The van der Waals surface area contributed by atoms with Gasteiger partial charge in [0.05, 0.1) is 6.61 Å². The van der Waals surface area contributed by atoms with Gasteiger partial charge in [0.2, 0.25) is 6.54 Å². The van der Waals surface area contributed by atoms with Gasteiger partial charge < -0.3 is 14.6 Å². The Balaban J connectivity index is 2.42. The lowest BCUT2D eigenvalue weighted by Crippen LogP contribution is -2.35. The number of hydrogen-bond acceptors (Lipinski definition) is 5. The minimum Gasteiger partial charge on any atom is -0.383 e. The molecule has 0 spiro atoms. The molecule has 0 aromatic heterocycles. The molecule has 1 rings (SSSR count). The maximum Gasteiger partial charge on any atom is 0.232 e. The molecule has 13 heavy (non-hydrogen) atoms. The molecule has 0 amide bonds. The maximum absolute atomic E-state index is 10.1. The van der Waals surface area contributed by atoms with Crippen molar-refractivity contribution in [3.8, 4) is 0 Å². The molecular weight excluding hydrogens is 178 g/mol. The number of aliphatic hydroxyl groups is 1. The average molecular weight is 191 g/mol. The van der Waals surface area contributed by atoms with Gasteiger partial charge in [-0.25, -0.2) is 0 Å². The standard InChI is InChI=1S/C7H13NO5/c1-7(2)12-4-6(13-7)5(9)3-8(10)11/h5-6,9H,3-4H2,1-2H3/t5-,6+/m0/s1. The number of ether oxygens (including phenoxy) is 2. The van der Waals surface area contributed by atoms with E-state index in [9.17, 15) is 15.2 Å². The number of hydrogen-bond donors (Lipinski definition) is 1. The van der Waals surface area contributed by atoms with Crippen LogP contribution in [0.4, 0.5) is 0 Å². The van der Waals surface area contributed by atoms with Crippen LogP contribution in [0.1, 0.15) is 13.8 Å². The largest absolute Gasteiger partial charge is 0.383 e. The molecule has 0 aromatic carbocycles. The van der Waals surface area contributed by atoms with Crippen molar-refractivity contribution >= 4 is 0 Å². The summed E-state index contributed by atoms with van der Waals surface area (Å²) < 4.78 is 10.4. The van der Waals surface area contributed by atoms with Gasteiger partial charge in [-0.1, -0.05) is 0 Å². The molecule has 0 saturated carbocycles. The summed E-state index contributed by atoms with van der Waals surface area (Å²) in [5.74, 6) is -0.748. The zero-order chi connectivity index (χ0) is 10.1. The fourth-order valence-corrected chi connectivity index (χ4v) is 1.18. The van der Waals surface area contributed by atoms with Crippen LogP contribution in [0, 0.1) is 10.1 Å². The number of nitrogens with zero attached hydrogens (tertiary/aromatic N) is 1. The summed E-state index contributed by atoms with van der Waals surface area (Å²) in [6, 6.07) is 0. The first-order chi connectivity index (χ1) is 5.91. The molecule has 6 heteroatoms. The predicted molar refractivity (Wildman–Crippen MR) is 42.8 cm³/mol. The van der Waals surface area contributed by atoms with Crippen molar-refractivity contribution in [2.45, 2.75) is 31.8 Å². The molecule has 0 bridgehead atoms. The first-order valence-electron chi connectivity index (χ1n) is 4.02. The Morgan fingerprint density at radius 1 is 1.77 bits per heavy atom. The van der Waals surface area contributed by atoms with Crippen molar-refractivity contribution in [1.29, 1.82) is 0 Å². The van der Waals surface area contributed by atoms with E-state index in [1.54, 1.807) is 13.8 Å². The number of rotatable bonds is 3. The van der Waals surface area contributed by atoms with Gasteiger partial charge >= 0.3 is 0 Å². The third-order valence-electron chi connectivity index (χ3n) is 1.80. The van der Waals surface area contributed by atoms with E-state index in [4.69, 9.17) is 9.47 Å². The fraction of sp³-hybridized carbons (Fsp3) is 1.00. The second kappa shape index (κ2) is 3.57. The predicted octanol–water partition coefficient (Wildman–Crippen LogP) is -0.224. The summed E-state index contributed by atoms with van der Waals surface area (Å²) in [6.07, 6.45) is -1.70. The number of nitro groups is 1. The lowest BCUT2D eigenvalue weighted by Gasteiger charge is -2.18. The second-order valence-corrected chi connectivity index (χ2v) is 3.45. The second-order valence-electron chi connectivity index (χ2n) is 3.45. The fourth-order valence-electron chi connectivity index (χ4n) is 1.18. The van der Waals surface area contributed by atoms with E-state index in [-0.39, 0.29) is 6.61 Å². The van der Waals surface area contributed by atoms with Gasteiger partial charge in [0.25, 0.3) is 0 Å². The summed E-state index contributed by atoms with van der Waals surface area (Å²) in [7, 11) is 0. The molecule has 1 fully saturated rings. The molecule has 6 nitrogen and oxygen atoms in total. The molecule has 1 saturated heterocycles. The van der Waals surface area contributed by atoms with E-state index >= 15 is 0 Å². The highest BCUT2D eigenvalue weighted by Crippen LogP contribution is 2.24. The van der Waals surface area contributed by atoms with Crippen LogP contribution < -0.4 is 0 Å². The van der Waals surface area contributed by atoms with Gasteiger partial charge in [0, 0.05) is 4.92 Å². The normalized spacial score (nSPS) is 28.7. The van der Waals surface area contributed by atoms with Gasteiger partial charge in [-0.3, -0.25) is 10.1 Å². The van der Waals surface area contributed by atoms with Crippen LogP contribution >= 0.6 is 0 Å². The van der Waals surface area contributed by atoms with Crippen LogP contribution in [-0.2, 0) is 9.47 Å². The summed E-state index contributed by atoms with van der Waals surface area (Å²) in [5.41, 5.74) is 0. The van der Waals surface area contributed by atoms with Crippen LogP contribution in [0.25, 0.3) is 0 Å². The zero-order valence-corrected chi connectivity index (χ0v) is 7.60. The van der Waals surface area contributed by atoms with Crippen LogP contribution in [-0.4, -0.2) is 41.2 Å². The van der Waals surface area contributed by atoms with Crippen LogP contribution in [0.5, 0.6) is 0 Å². The Bertz CT molecular complexity index is 205. The van der Waals surface area contributed by atoms with E-state index in [1.807, 2.05) is 0 Å². The molecule has 0 radical (unpaired) electrons. The van der Waals surface area contributed by atoms with Crippen molar-refractivity contribution in [3.63, 3.8) is 0 Å². The smallest absolute Gasteiger partial charge is 0.232 e. The Hall–Kier alpha value is -0.720. The molecule has 0 aliphatic carbocycles.